The van der Waals surface area contributed by atoms with Crippen LogP contribution in [0.5, 0.6) is 0 Å². The van der Waals surface area contributed by atoms with Crippen LogP contribution in [0.15, 0.2) is 60.2 Å². The van der Waals surface area contributed by atoms with Crippen LogP contribution in [0.1, 0.15) is 49.2 Å². The van der Waals surface area contributed by atoms with E-state index in [1.165, 1.54) is 33.6 Å². The largest absolute Gasteiger partial charge is 0.349 e. The zero-order valence-electron chi connectivity index (χ0n) is 19.5. The number of hydrogen-bond donors (Lipinski definition) is 2. The van der Waals surface area contributed by atoms with Crippen molar-refractivity contribution in [3.63, 3.8) is 0 Å². The van der Waals surface area contributed by atoms with E-state index in [2.05, 4.69) is 15.6 Å². The van der Waals surface area contributed by atoms with E-state index >= 15 is 0 Å². The van der Waals surface area contributed by atoms with Gasteiger partial charge in [-0.25, -0.2) is 0 Å². The van der Waals surface area contributed by atoms with E-state index in [4.69, 9.17) is 0 Å². The predicted octanol–water partition coefficient (Wildman–Crippen LogP) is 4.26. The third-order valence-corrected chi connectivity index (χ3v) is 6.44. The van der Waals surface area contributed by atoms with Crippen LogP contribution < -0.4 is 15.5 Å². The van der Waals surface area contributed by atoms with Gasteiger partial charge in [-0.2, -0.15) is 0 Å². The Bertz CT molecular complexity index is 1190. The summed E-state index contributed by atoms with van der Waals surface area (Å²) in [7, 11) is 0. The van der Waals surface area contributed by atoms with Gasteiger partial charge in [-0.1, -0.05) is 12.1 Å². The Labute approximate surface area is 203 Å². The molecule has 8 heteroatoms. The van der Waals surface area contributed by atoms with Crippen molar-refractivity contribution in [2.24, 2.45) is 0 Å². The van der Waals surface area contributed by atoms with Gasteiger partial charge in [-0.3, -0.25) is 24.3 Å². The summed E-state index contributed by atoms with van der Waals surface area (Å²) < 4.78 is 0. The Hall–Kier alpha value is -3.52. The molecule has 2 N–H and O–H groups in total. The normalized spacial score (nSPS) is 13.6. The van der Waals surface area contributed by atoms with E-state index in [1.807, 2.05) is 50.4 Å². The van der Waals surface area contributed by atoms with Crippen molar-refractivity contribution in [2.75, 3.05) is 10.2 Å². The summed E-state index contributed by atoms with van der Waals surface area (Å²) in [4.78, 5) is 46.2. The second-order valence-corrected chi connectivity index (χ2v) is 10.3. The summed E-state index contributed by atoms with van der Waals surface area (Å²) in [6.45, 7) is 5.60. The molecule has 1 atom stereocenters. The molecule has 1 aliphatic rings. The van der Waals surface area contributed by atoms with E-state index in [0.717, 1.165) is 19.3 Å². The Morgan fingerprint density at radius 1 is 1.06 bits per heavy atom. The molecule has 2 aromatic heterocycles. The lowest BCUT2D eigenvalue weighted by Gasteiger charge is -2.32. The highest BCUT2D eigenvalue weighted by Crippen LogP contribution is 2.31. The number of rotatable bonds is 5. The number of nitrogens with zero attached hydrogens (tertiary/aromatic N) is 2. The van der Waals surface area contributed by atoms with Crippen LogP contribution in [0.25, 0.3) is 0 Å². The molecule has 176 valence electrons. The zero-order valence-corrected chi connectivity index (χ0v) is 20.3. The van der Waals surface area contributed by atoms with E-state index in [-0.39, 0.29) is 5.91 Å². The molecule has 1 aromatic carbocycles. The topological polar surface area (TPSA) is 91.4 Å². The number of benzene rings is 1. The lowest BCUT2D eigenvalue weighted by atomic mass is 10.1. The second-order valence-electron chi connectivity index (χ2n) is 9.33. The number of aryl methyl sites for hydroxylation is 2. The van der Waals surface area contributed by atoms with Crippen LogP contribution in [-0.4, -0.2) is 28.2 Å². The smallest absolute Gasteiger partial charge is 0.317 e. The van der Waals surface area contributed by atoms with Crippen molar-refractivity contribution in [2.45, 2.75) is 51.6 Å². The van der Waals surface area contributed by atoms with Crippen LogP contribution in [0, 0.1) is 0 Å². The SMILES string of the molecule is CC(C)(C)NC(=O)C(c1cccs1)N(C(=O)C(=O)Nc1ccc2c(c1)CCC2)c1cccnc1. The lowest BCUT2D eigenvalue weighted by molar-refractivity contribution is -0.136. The van der Waals surface area contributed by atoms with Gasteiger partial charge in [0.05, 0.1) is 11.9 Å². The van der Waals surface area contributed by atoms with Gasteiger partial charge in [-0.15, -0.1) is 11.3 Å². The molecular weight excluding hydrogens is 448 g/mol. The minimum absolute atomic E-state index is 0.360. The summed E-state index contributed by atoms with van der Waals surface area (Å²) in [5, 5.41) is 7.52. The third kappa shape index (κ3) is 5.34. The Morgan fingerprint density at radius 2 is 1.85 bits per heavy atom. The van der Waals surface area contributed by atoms with Crippen molar-refractivity contribution in [3.8, 4) is 0 Å². The van der Waals surface area contributed by atoms with E-state index in [1.54, 1.807) is 24.4 Å². The van der Waals surface area contributed by atoms with Gasteiger partial charge >= 0.3 is 11.8 Å². The predicted molar refractivity (Wildman–Crippen MR) is 134 cm³/mol. The molecule has 7 nitrogen and oxygen atoms in total. The number of nitrogens with one attached hydrogen (secondary N) is 2. The number of thiophene rings is 1. The van der Waals surface area contributed by atoms with Crippen molar-refractivity contribution < 1.29 is 14.4 Å². The molecule has 0 aliphatic heterocycles. The first kappa shape index (κ1) is 23.6. The molecule has 34 heavy (non-hydrogen) atoms. The van der Waals surface area contributed by atoms with Crippen LogP contribution in [-0.2, 0) is 27.2 Å². The van der Waals surface area contributed by atoms with Gasteiger partial charge in [0.25, 0.3) is 0 Å². The molecule has 3 amide bonds. The van der Waals surface area contributed by atoms with Crippen molar-refractivity contribution in [1.29, 1.82) is 0 Å². The first-order valence-corrected chi connectivity index (χ1v) is 12.1. The summed E-state index contributed by atoms with van der Waals surface area (Å²) in [5.41, 5.74) is 2.87. The number of fused-ring (bicyclic) bond motifs is 1. The van der Waals surface area contributed by atoms with Crippen molar-refractivity contribution in [1.82, 2.24) is 10.3 Å². The maximum atomic E-state index is 13.6. The van der Waals surface area contributed by atoms with Crippen molar-refractivity contribution in [3.05, 3.63) is 76.2 Å². The maximum Gasteiger partial charge on any atom is 0.317 e. The van der Waals surface area contributed by atoms with Gasteiger partial charge in [0.15, 0.2) is 6.04 Å². The monoisotopic (exact) mass is 476 g/mol. The average Bonchev–Trinajstić information content (AvgIpc) is 3.48. The molecule has 0 spiro atoms. The summed E-state index contributed by atoms with van der Waals surface area (Å²) in [6, 6.07) is 11.6. The first-order chi connectivity index (χ1) is 16.2. The molecular formula is C26H28N4O3S. The number of carbonyl (C=O) groups excluding carboxylic acids is 3. The molecule has 1 aliphatic carbocycles. The lowest BCUT2D eigenvalue weighted by Crippen LogP contribution is -2.51. The highest BCUT2D eigenvalue weighted by Gasteiger charge is 2.38. The Balaban J connectivity index is 1.69. The van der Waals surface area contributed by atoms with Crippen LogP contribution in [0.4, 0.5) is 11.4 Å². The molecule has 0 saturated heterocycles. The van der Waals surface area contributed by atoms with E-state index in [0.29, 0.717) is 16.3 Å². The number of aromatic nitrogens is 1. The quantitative estimate of drug-likeness (QED) is 0.539. The highest BCUT2D eigenvalue weighted by atomic mass is 32.1. The van der Waals surface area contributed by atoms with Crippen LogP contribution in [0.3, 0.4) is 0 Å². The fraction of sp³-hybridized carbons (Fsp3) is 0.308. The fourth-order valence-corrected chi connectivity index (χ4v) is 4.89. The number of pyridine rings is 1. The van der Waals surface area contributed by atoms with E-state index < -0.39 is 23.4 Å². The first-order valence-electron chi connectivity index (χ1n) is 11.2. The summed E-state index contributed by atoms with van der Waals surface area (Å²) in [5.74, 6) is -2.03. The Morgan fingerprint density at radius 3 is 2.53 bits per heavy atom. The number of hydrogen-bond acceptors (Lipinski definition) is 5. The van der Waals surface area contributed by atoms with Crippen LogP contribution >= 0.6 is 11.3 Å². The molecule has 0 radical (unpaired) electrons. The molecule has 1 unspecified atom stereocenters. The molecule has 2 heterocycles. The molecule has 3 aromatic rings. The fourth-order valence-electron chi connectivity index (χ4n) is 4.08. The average molecular weight is 477 g/mol. The minimum Gasteiger partial charge on any atom is -0.349 e. The zero-order chi connectivity index (χ0) is 24.3. The number of amides is 3. The van der Waals surface area contributed by atoms with Gasteiger partial charge in [0.1, 0.15) is 0 Å². The van der Waals surface area contributed by atoms with Gasteiger partial charge < -0.3 is 10.6 Å². The summed E-state index contributed by atoms with van der Waals surface area (Å²) >= 11 is 1.35. The molecule has 4 rings (SSSR count). The second kappa shape index (κ2) is 9.77. The van der Waals surface area contributed by atoms with Gasteiger partial charge in [0, 0.05) is 22.3 Å². The highest BCUT2D eigenvalue weighted by molar-refractivity contribution is 7.10. The molecule has 0 bridgehead atoms. The van der Waals surface area contributed by atoms with Gasteiger partial charge in [-0.05, 0) is 86.9 Å². The molecule has 0 saturated carbocycles. The Kier molecular flexibility index (Phi) is 6.79. The van der Waals surface area contributed by atoms with Crippen molar-refractivity contribution >= 4 is 40.4 Å². The minimum atomic E-state index is -1.03. The van der Waals surface area contributed by atoms with Crippen LogP contribution in [0.2, 0.25) is 0 Å². The van der Waals surface area contributed by atoms with Gasteiger partial charge in [0.2, 0.25) is 5.91 Å². The van der Waals surface area contributed by atoms with E-state index in [9.17, 15) is 14.4 Å². The standard InChI is InChI=1S/C26H28N4O3S/c1-26(2,3)29-23(31)22(21-10-6-14-34-21)30(20-9-5-13-27-16-20)25(33)24(32)28-19-12-11-17-7-4-8-18(17)15-19/h5-6,9-16,22H,4,7-8H2,1-3H3,(H,28,32)(H,29,31). The maximum absolute atomic E-state index is 13.6. The third-order valence-electron chi connectivity index (χ3n) is 5.51. The number of carbonyl (C=O) groups is 3. The summed E-state index contributed by atoms with van der Waals surface area (Å²) in [6.07, 6.45) is 6.13. The number of anilines is 2. The molecule has 0 fully saturated rings.